The fourth-order valence-electron chi connectivity index (χ4n) is 2.22. The Morgan fingerprint density at radius 2 is 1.70 bits per heavy atom. The maximum absolute atomic E-state index is 12.5. The van der Waals surface area contributed by atoms with Crippen LogP contribution in [0, 0.1) is 0 Å². The molecule has 0 saturated carbocycles. The predicted molar refractivity (Wildman–Crippen MR) is 84.8 cm³/mol. The topological polar surface area (TPSA) is 55.1 Å². The molecule has 0 heterocycles. The molecule has 3 nitrogen and oxygen atoms in total. The molecule has 0 bridgehead atoms. The van der Waals surface area contributed by atoms with E-state index in [0.29, 0.717) is 11.3 Å². The Labute approximate surface area is 120 Å². The fourth-order valence-corrected chi connectivity index (χ4v) is 2.22. The highest BCUT2D eigenvalue weighted by Gasteiger charge is 2.23. The van der Waals surface area contributed by atoms with Crippen LogP contribution in [0.1, 0.15) is 44.0 Å². The lowest BCUT2D eigenvalue weighted by Crippen LogP contribution is -2.45. The number of rotatable bonds is 4. The number of anilines is 1. The molecule has 2 rings (SSSR count). The van der Waals surface area contributed by atoms with Crippen LogP contribution >= 0.6 is 0 Å². The normalized spacial score (nSPS) is 11.6. The van der Waals surface area contributed by atoms with Crippen molar-refractivity contribution < 1.29 is 4.79 Å². The second-order valence-electron chi connectivity index (χ2n) is 5.51. The van der Waals surface area contributed by atoms with E-state index in [2.05, 4.69) is 26.1 Å². The van der Waals surface area contributed by atoms with Gasteiger partial charge in [-0.15, -0.1) is 0 Å². The van der Waals surface area contributed by atoms with Gasteiger partial charge in [-0.2, -0.15) is 0 Å². The third-order valence-electron chi connectivity index (χ3n) is 4.14. The highest BCUT2D eigenvalue weighted by Crippen LogP contribution is 2.23. The first-order valence-corrected chi connectivity index (χ1v) is 7.10. The lowest BCUT2D eigenvalue weighted by molar-refractivity contribution is 0.0902. The monoisotopic (exact) mass is 270 g/mol. The molecule has 0 spiro atoms. The summed E-state index contributed by atoms with van der Waals surface area (Å²) in [5.41, 5.74) is 6.92. The smallest absolute Gasteiger partial charge is 0.253 e. The van der Waals surface area contributed by atoms with Gasteiger partial charge in [0, 0.05) is 11.2 Å². The van der Waals surface area contributed by atoms with Crippen LogP contribution in [0.25, 0.3) is 10.8 Å². The number of hydrogen-bond acceptors (Lipinski definition) is 2. The molecule has 106 valence electrons. The number of fused-ring (bicyclic) bond motifs is 1. The Morgan fingerprint density at radius 1 is 1.15 bits per heavy atom. The van der Waals surface area contributed by atoms with Gasteiger partial charge in [0.2, 0.25) is 0 Å². The summed E-state index contributed by atoms with van der Waals surface area (Å²) in [6.45, 7) is 6.21. The van der Waals surface area contributed by atoms with E-state index in [0.717, 1.165) is 23.6 Å². The Morgan fingerprint density at radius 3 is 2.25 bits per heavy atom. The van der Waals surface area contributed by atoms with E-state index in [1.165, 1.54) is 0 Å². The number of amides is 1. The zero-order chi connectivity index (χ0) is 14.8. The first-order chi connectivity index (χ1) is 9.49. The maximum Gasteiger partial charge on any atom is 0.253 e. The highest BCUT2D eigenvalue weighted by atomic mass is 16.1. The van der Waals surface area contributed by atoms with Gasteiger partial charge in [0.1, 0.15) is 0 Å². The van der Waals surface area contributed by atoms with Crippen molar-refractivity contribution in [3.05, 3.63) is 42.0 Å². The second kappa shape index (κ2) is 5.53. The van der Waals surface area contributed by atoms with Crippen LogP contribution in [0.2, 0.25) is 0 Å². The van der Waals surface area contributed by atoms with Crippen LogP contribution in [0.3, 0.4) is 0 Å². The summed E-state index contributed by atoms with van der Waals surface area (Å²) < 4.78 is 0. The van der Waals surface area contributed by atoms with Gasteiger partial charge in [-0.1, -0.05) is 38.1 Å². The molecule has 0 aliphatic rings. The van der Waals surface area contributed by atoms with Gasteiger partial charge < -0.3 is 11.1 Å². The van der Waals surface area contributed by atoms with Crippen molar-refractivity contribution >= 4 is 22.4 Å². The molecule has 0 radical (unpaired) electrons. The maximum atomic E-state index is 12.5. The third kappa shape index (κ3) is 2.77. The third-order valence-corrected chi connectivity index (χ3v) is 4.14. The lowest BCUT2D eigenvalue weighted by atomic mass is 9.94. The van der Waals surface area contributed by atoms with Crippen LogP contribution in [-0.4, -0.2) is 11.4 Å². The molecule has 20 heavy (non-hydrogen) atoms. The number of nitrogen functional groups attached to an aromatic ring is 1. The van der Waals surface area contributed by atoms with E-state index in [-0.39, 0.29) is 11.4 Å². The van der Waals surface area contributed by atoms with Crippen molar-refractivity contribution in [2.75, 3.05) is 5.73 Å². The van der Waals surface area contributed by atoms with Gasteiger partial charge in [-0.05, 0) is 42.7 Å². The van der Waals surface area contributed by atoms with E-state index in [9.17, 15) is 4.79 Å². The number of carbonyl (C=O) groups is 1. The highest BCUT2D eigenvalue weighted by molar-refractivity contribution is 6.04. The van der Waals surface area contributed by atoms with Gasteiger partial charge in [0.15, 0.2) is 0 Å². The molecule has 0 aromatic heterocycles. The average molecular weight is 270 g/mol. The number of nitrogens with two attached hydrogens (primary N) is 1. The summed E-state index contributed by atoms with van der Waals surface area (Å²) in [4.78, 5) is 12.5. The molecule has 0 fully saturated rings. The van der Waals surface area contributed by atoms with E-state index in [1.807, 2.05) is 36.4 Å². The zero-order valence-corrected chi connectivity index (χ0v) is 12.4. The SMILES string of the molecule is CCC(C)(CC)NC(=O)c1cc2ccccc2cc1N. The Kier molecular flexibility index (Phi) is 3.98. The average Bonchev–Trinajstić information content (AvgIpc) is 2.46. The van der Waals surface area contributed by atoms with Gasteiger partial charge >= 0.3 is 0 Å². The molecule has 0 aliphatic carbocycles. The number of benzene rings is 2. The molecular weight excluding hydrogens is 248 g/mol. The molecule has 2 aromatic carbocycles. The summed E-state index contributed by atoms with van der Waals surface area (Å²) in [6, 6.07) is 11.6. The molecule has 1 amide bonds. The summed E-state index contributed by atoms with van der Waals surface area (Å²) >= 11 is 0. The number of carbonyl (C=O) groups excluding carboxylic acids is 1. The largest absolute Gasteiger partial charge is 0.398 e. The van der Waals surface area contributed by atoms with Crippen molar-refractivity contribution in [2.45, 2.75) is 39.2 Å². The van der Waals surface area contributed by atoms with Crippen LogP contribution in [0.15, 0.2) is 36.4 Å². The fraction of sp³-hybridized carbons (Fsp3) is 0.353. The van der Waals surface area contributed by atoms with E-state index >= 15 is 0 Å². The van der Waals surface area contributed by atoms with Crippen molar-refractivity contribution in [3.63, 3.8) is 0 Å². The Balaban J connectivity index is 2.37. The van der Waals surface area contributed by atoms with Crippen LogP contribution in [0.5, 0.6) is 0 Å². The van der Waals surface area contributed by atoms with Crippen molar-refractivity contribution in [1.29, 1.82) is 0 Å². The number of nitrogens with one attached hydrogen (secondary N) is 1. The summed E-state index contributed by atoms with van der Waals surface area (Å²) in [6.07, 6.45) is 1.78. The second-order valence-corrected chi connectivity index (χ2v) is 5.51. The van der Waals surface area contributed by atoms with E-state index in [1.54, 1.807) is 0 Å². The van der Waals surface area contributed by atoms with Crippen LogP contribution in [-0.2, 0) is 0 Å². The molecule has 2 aromatic rings. The molecule has 0 saturated heterocycles. The standard InChI is InChI=1S/C17H22N2O/c1-4-17(3,5-2)19-16(20)14-10-12-8-6-7-9-13(12)11-15(14)18/h6-11H,4-5,18H2,1-3H3,(H,19,20). The summed E-state index contributed by atoms with van der Waals surface area (Å²) in [5.74, 6) is -0.0977. The predicted octanol–water partition coefficient (Wildman–Crippen LogP) is 3.73. The first-order valence-electron chi connectivity index (χ1n) is 7.10. The van der Waals surface area contributed by atoms with Gasteiger partial charge in [0.25, 0.3) is 5.91 Å². The Bertz CT molecular complexity index is 630. The molecular formula is C17H22N2O. The molecule has 3 heteroatoms. The van der Waals surface area contributed by atoms with Crippen molar-refractivity contribution in [2.24, 2.45) is 0 Å². The van der Waals surface area contributed by atoms with Gasteiger partial charge in [-0.25, -0.2) is 0 Å². The first kappa shape index (κ1) is 14.4. The summed E-state index contributed by atoms with van der Waals surface area (Å²) in [7, 11) is 0. The van der Waals surface area contributed by atoms with Crippen molar-refractivity contribution in [3.8, 4) is 0 Å². The molecule has 0 unspecified atom stereocenters. The van der Waals surface area contributed by atoms with Gasteiger partial charge in [-0.3, -0.25) is 4.79 Å². The van der Waals surface area contributed by atoms with Crippen LogP contribution in [0.4, 0.5) is 5.69 Å². The Hall–Kier alpha value is -2.03. The zero-order valence-electron chi connectivity index (χ0n) is 12.4. The minimum atomic E-state index is -0.185. The van der Waals surface area contributed by atoms with Crippen molar-refractivity contribution in [1.82, 2.24) is 5.32 Å². The van der Waals surface area contributed by atoms with E-state index in [4.69, 9.17) is 5.73 Å². The van der Waals surface area contributed by atoms with E-state index < -0.39 is 0 Å². The molecule has 0 aliphatic heterocycles. The summed E-state index contributed by atoms with van der Waals surface area (Å²) in [5, 5.41) is 5.18. The lowest BCUT2D eigenvalue weighted by Gasteiger charge is -2.28. The minimum Gasteiger partial charge on any atom is -0.398 e. The van der Waals surface area contributed by atoms with Gasteiger partial charge in [0.05, 0.1) is 5.56 Å². The molecule has 3 N–H and O–H groups in total. The number of hydrogen-bond donors (Lipinski definition) is 2. The minimum absolute atomic E-state index is 0.0977. The quantitative estimate of drug-likeness (QED) is 0.832. The van der Waals surface area contributed by atoms with Crippen LogP contribution < -0.4 is 11.1 Å². The molecule has 0 atom stereocenters.